The van der Waals surface area contributed by atoms with Crippen molar-refractivity contribution in [2.75, 3.05) is 0 Å². The van der Waals surface area contributed by atoms with Crippen LogP contribution < -0.4 is 10.9 Å². The SMILES string of the molecule is C[C@H](NC(=O)Cn1cnc2ccc(Br)cc2c1=O)c1cccs1. The number of rotatable bonds is 4. The van der Waals surface area contributed by atoms with Crippen molar-refractivity contribution in [2.45, 2.75) is 19.5 Å². The van der Waals surface area contributed by atoms with Crippen molar-refractivity contribution >= 4 is 44.1 Å². The molecule has 23 heavy (non-hydrogen) atoms. The van der Waals surface area contributed by atoms with Crippen LogP contribution in [0.25, 0.3) is 10.9 Å². The summed E-state index contributed by atoms with van der Waals surface area (Å²) in [6.07, 6.45) is 1.41. The predicted octanol–water partition coefficient (Wildman–Crippen LogP) is 3.10. The molecule has 0 aliphatic carbocycles. The summed E-state index contributed by atoms with van der Waals surface area (Å²) in [5, 5.41) is 5.35. The number of nitrogens with zero attached hydrogens (tertiary/aromatic N) is 2. The fourth-order valence-corrected chi connectivity index (χ4v) is 3.39. The largest absolute Gasteiger partial charge is 0.347 e. The molecule has 5 nitrogen and oxygen atoms in total. The van der Waals surface area contributed by atoms with Gasteiger partial charge in [-0.2, -0.15) is 0 Å². The number of nitrogens with one attached hydrogen (secondary N) is 1. The van der Waals surface area contributed by atoms with Gasteiger partial charge in [0.15, 0.2) is 0 Å². The molecule has 3 aromatic rings. The lowest BCUT2D eigenvalue weighted by molar-refractivity contribution is -0.122. The number of carbonyl (C=O) groups excluding carboxylic acids is 1. The van der Waals surface area contributed by atoms with Gasteiger partial charge < -0.3 is 5.32 Å². The van der Waals surface area contributed by atoms with E-state index in [1.54, 1.807) is 23.5 Å². The van der Waals surface area contributed by atoms with Crippen molar-refractivity contribution < 1.29 is 4.79 Å². The zero-order valence-corrected chi connectivity index (χ0v) is 14.7. The summed E-state index contributed by atoms with van der Waals surface area (Å²) < 4.78 is 2.13. The molecule has 0 saturated heterocycles. The number of hydrogen-bond acceptors (Lipinski definition) is 4. The highest BCUT2D eigenvalue weighted by Crippen LogP contribution is 2.18. The Labute approximate surface area is 145 Å². The van der Waals surface area contributed by atoms with E-state index in [1.807, 2.05) is 30.5 Å². The first kappa shape index (κ1) is 15.9. The Bertz CT molecular complexity index is 905. The lowest BCUT2D eigenvalue weighted by Crippen LogP contribution is -2.33. The quantitative estimate of drug-likeness (QED) is 0.742. The molecule has 0 unspecified atom stereocenters. The first-order valence-corrected chi connectivity index (χ1v) is 8.69. The van der Waals surface area contributed by atoms with Gasteiger partial charge in [0.2, 0.25) is 5.91 Å². The van der Waals surface area contributed by atoms with Crippen LogP contribution in [0.3, 0.4) is 0 Å². The molecule has 0 bridgehead atoms. The Morgan fingerprint density at radius 2 is 2.26 bits per heavy atom. The van der Waals surface area contributed by atoms with E-state index in [4.69, 9.17) is 0 Å². The maximum absolute atomic E-state index is 12.5. The topological polar surface area (TPSA) is 64.0 Å². The standard InChI is InChI=1S/C16H14BrN3O2S/c1-10(14-3-2-6-23-14)19-15(21)8-20-9-18-13-5-4-11(17)7-12(13)16(20)22/h2-7,9-10H,8H2,1H3,(H,19,21)/t10-/m0/s1. The van der Waals surface area contributed by atoms with Crippen LogP contribution in [0.15, 0.2) is 51.3 Å². The zero-order valence-electron chi connectivity index (χ0n) is 12.3. The molecular formula is C16H14BrN3O2S. The molecule has 0 fully saturated rings. The predicted molar refractivity (Wildman–Crippen MR) is 94.6 cm³/mol. The van der Waals surface area contributed by atoms with Gasteiger partial charge in [0.05, 0.1) is 23.3 Å². The molecule has 2 aromatic heterocycles. The molecule has 0 aliphatic heterocycles. The molecule has 1 atom stereocenters. The van der Waals surface area contributed by atoms with Crippen molar-refractivity contribution in [3.8, 4) is 0 Å². The average molecular weight is 392 g/mol. The smallest absolute Gasteiger partial charge is 0.261 e. The molecule has 118 valence electrons. The monoisotopic (exact) mass is 391 g/mol. The lowest BCUT2D eigenvalue weighted by atomic mass is 10.2. The highest BCUT2D eigenvalue weighted by molar-refractivity contribution is 9.10. The number of fused-ring (bicyclic) bond motifs is 1. The number of amides is 1. The number of benzene rings is 1. The normalized spacial score (nSPS) is 12.3. The van der Waals surface area contributed by atoms with E-state index in [9.17, 15) is 9.59 Å². The number of hydrogen-bond donors (Lipinski definition) is 1. The minimum Gasteiger partial charge on any atom is -0.347 e. The van der Waals surface area contributed by atoms with Gasteiger partial charge in [-0.25, -0.2) is 4.98 Å². The fraction of sp³-hybridized carbons (Fsp3) is 0.188. The van der Waals surface area contributed by atoms with Gasteiger partial charge >= 0.3 is 0 Å². The third-order valence-corrected chi connectivity index (χ3v) is 5.00. The van der Waals surface area contributed by atoms with E-state index in [0.717, 1.165) is 9.35 Å². The summed E-state index contributed by atoms with van der Waals surface area (Å²) in [5.74, 6) is -0.218. The second kappa shape index (κ2) is 6.64. The maximum atomic E-state index is 12.5. The van der Waals surface area contributed by atoms with Crippen LogP contribution in [0, 0.1) is 0 Å². The Balaban J connectivity index is 1.80. The summed E-state index contributed by atoms with van der Waals surface area (Å²) in [7, 11) is 0. The number of halogens is 1. The summed E-state index contributed by atoms with van der Waals surface area (Å²) in [6, 6.07) is 9.14. The molecule has 0 radical (unpaired) electrons. The number of aromatic nitrogens is 2. The second-order valence-electron chi connectivity index (χ2n) is 5.14. The van der Waals surface area contributed by atoms with Crippen LogP contribution in [0.1, 0.15) is 17.8 Å². The molecular weight excluding hydrogens is 378 g/mol. The van der Waals surface area contributed by atoms with Crippen LogP contribution in [0.4, 0.5) is 0 Å². The van der Waals surface area contributed by atoms with E-state index < -0.39 is 0 Å². The summed E-state index contributed by atoms with van der Waals surface area (Å²) in [6.45, 7) is 1.87. The summed E-state index contributed by atoms with van der Waals surface area (Å²) >= 11 is 4.93. The third kappa shape index (κ3) is 3.51. The molecule has 0 spiro atoms. The molecule has 1 N–H and O–H groups in total. The minimum atomic E-state index is -0.227. The van der Waals surface area contributed by atoms with Gasteiger partial charge in [-0.1, -0.05) is 22.0 Å². The number of carbonyl (C=O) groups is 1. The van der Waals surface area contributed by atoms with Gasteiger partial charge in [-0.15, -0.1) is 11.3 Å². The van der Waals surface area contributed by atoms with Gasteiger partial charge in [0.1, 0.15) is 6.54 Å². The first-order valence-electron chi connectivity index (χ1n) is 7.02. The van der Waals surface area contributed by atoms with Gasteiger partial charge in [-0.05, 0) is 36.6 Å². The van der Waals surface area contributed by atoms with Crippen LogP contribution >= 0.6 is 27.3 Å². The Morgan fingerprint density at radius 3 is 3.00 bits per heavy atom. The molecule has 3 rings (SSSR count). The fourth-order valence-electron chi connectivity index (χ4n) is 2.29. The van der Waals surface area contributed by atoms with Crippen molar-refractivity contribution in [2.24, 2.45) is 0 Å². The van der Waals surface area contributed by atoms with E-state index in [-0.39, 0.29) is 24.1 Å². The molecule has 1 amide bonds. The van der Waals surface area contributed by atoms with Gasteiger partial charge in [0.25, 0.3) is 5.56 Å². The van der Waals surface area contributed by atoms with E-state index in [2.05, 4.69) is 26.2 Å². The molecule has 0 aliphatic rings. The highest BCUT2D eigenvalue weighted by atomic mass is 79.9. The maximum Gasteiger partial charge on any atom is 0.261 e. The van der Waals surface area contributed by atoms with Crippen LogP contribution in [-0.4, -0.2) is 15.5 Å². The van der Waals surface area contributed by atoms with E-state index in [1.165, 1.54) is 10.9 Å². The van der Waals surface area contributed by atoms with Crippen LogP contribution in [0.2, 0.25) is 0 Å². The van der Waals surface area contributed by atoms with Crippen molar-refractivity contribution in [1.82, 2.24) is 14.9 Å². The van der Waals surface area contributed by atoms with Crippen molar-refractivity contribution in [1.29, 1.82) is 0 Å². The van der Waals surface area contributed by atoms with Crippen molar-refractivity contribution in [3.05, 3.63) is 61.7 Å². The van der Waals surface area contributed by atoms with E-state index in [0.29, 0.717) is 10.9 Å². The molecule has 7 heteroatoms. The Morgan fingerprint density at radius 1 is 1.43 bits per heavy atom. The highest BCUT2D eigenvalue weighted by Gasteiger charge is 2.12. The lowest BCUT2D eigenvalue weighted by Gasteiger charge is -2.13. The average Bonchev–Trinajstić information content (AvgIpc) is 3.05. The Kier molecular flexibility index (Phi) is 4.58. The third-order valence-electron chi connectivity index (χ3n) is 3.45. The van der Waals surface area contributed by atoms with Crippen LogP contribution in [-0.2, 0) is 11.3 Å². The molecule has 2 heterocycles. The molecule has 1 aromatic carbocycles. The minimum absolute atomic E-state index is 0.0516. The van der Waals surface area contributed by atoms with Gasteiger partial charge in [0, 0.05) is 9.35 Å². The number of thiophene rings is 1. The Hall–Kier alpha value is -1.99. The second-order valence-corrected chi connectivity index (χ2v) is 7.04. The summed E-state index contributed by atoms with van der Waals surface area (Å²) in [5.41, 5.74) is 0.386. The van der Waals surface area contributed by atoms with Crippen LogP contribution in [0.5, 0.6) is 0 Å². The molecule has 0 saturated carbocycles. The van der Waals surface area contributed by atoms with Gasteiger partial charge in [-0.3, -0.25) is 14.2 Å². The summed E-state index contributed by atoms with van der Waals surface area (Å²) in [4.78, 5) is 29.9. The van der Waals surface area contributed by atoms with E-state index >= 15 is 0 Å². The first-order chi connectivity index (χ1) is 11.0. The zero-order chi connectivity index (χ0) is 16.4. The van der Waals surface area contributed by atoms with Crippen molar-refractivity contribution in [3.63, 3.8) is 0 Å².